The predicted molar refractivity (Wildman–Crippen MR) is 95.1 cm³/mol. The monoisotopic (exact) mass is 404 g/mol. The number of nitrogens with zero attached hydrogens (tertiary/aromatic N) is 1. The van der Waals surface area contributed by atoms with E-state index < -0.39 is 11.7 Å². The smallest absolute Gasteiger partial charge is 0.407 e. The Morgan fingerprint density at radius 3 is 2.83 bits per heavy atom. The SMILES string of the molecule is CC(C)(C)OC(=O)NC1CCN(c2cc(Cl)cc(Br)c2CO)C1. The zero-order chi connectivity index (χ0) is 17.2. The van der Waals surface area contributed by atoms with Crippen LogP contribution in [0.4, 0.5) is 10.5 Å². The molecule has 2 N–H and O–H groups in total. The highest BCUT2D eigenvalue weighted by atomic mass is 79.9. The van der Waals surface area contributed by atoms with Gasteiger partial charge in [-0.3, -0.25) is 0 Å². The zero-order valence-corrected chi connectivity index (χ0v) is 15.9. The van der Waals surface area contributed by atoms with E-state index in [4.69, 9.17) is 16.3 Å². The summed E-state index contributed by atoms with van der Waals surface area (Å²) >= 11 is 9.56. The maximum Gasteiger partial charge on any atom is 0.407 e. The van der Waals surface area contributed by atoms with E-state index >= 15 is 0 Å². The molecule has 0 radical (unpaired) electrons. The fourth-order valence-corrected chi connectivity index (χ4v) is 3.52. The number of carbonyl (C=O) groups is 1. The molecule has 128 valence electrons. The van der Waals surface area contributed by atoms with Crippen molar-refractivity contribution < 1.29 is 14.6 Å². The van der Waals surface area contributed by atoms with Gasteiger partial charge in [0.25, 0.3) is 0 Å². The van der Waals surface area contributed by atoms with E-state index in [0.717, 1.165) is 28.7 Å². The molecule has 0 aliphatic carbocycles. The number of nitrogens with one attached hydrogen (secondary N) is 1. The Labute approximate surface area is 150 Å². The topological polar surface area (TPSA) is 61.8 Å². The predicted octanol–water partition coefficient (Wildman–Crippen LogP) is 3.70. The van der Waals surface area contributed by atoms with E-state index in [1.807, 2.05) is 26.8 Å². The van der Waals surface area contributed by atoms with Gasteiger partial charge in [-0.1, -0.05) is 27.5 Å². The van der Waals surface area contributed by atoms with Crippen molar-refractivity contribution in [1.82, 2.24) is 5.32 Å². The van der Waals surface area contributed by atoms with Gasteiger partial charge in [0.05, 0.1) is 12.6 Å². The van der Waals surface area contributed by atoms with Crippen LogP contribution in [0.5, 0.6) is 0 Å². The first-order chi connectivity index (χ1) is 10.7. The van der Waals surface area contributed by atoms with Crippen molar-refractivity contribution in [3.05, 3.63) is 27.2 Å². The van der Waals surface area contributed by atoms with Crippen molar-refractivity contribution in [3.63, 3.8) is 0 Å². The molecule has 1 atom stereocenters. The number of ether oxygens (including phenoxy) is 1. The van der Waals surface area contributed by atoms with E-state index in [0.29, 0.717) is 11.6 Å². The number of benzene rings is 1. The third-order valence-electron chi connectivity index (χ3n) is 3.54. The van der Waals surface area contributed by atoms with E-state index in [9.17, 15) is 9.90 Å². The second-order valence-corrected chi connectivity index (χ2v) is 7.91. The average molecular weight is 406 g/mol. The third kappa shape index (κ3) is 4.99. The molecule has 1 heterocycles. The molecule has 0 aromatic heterocycles. The average Bonchev–Trinajstić information content (AvgIpc) is 2.83. The van der Waals surface area contributed by atoms with Crippen LogP contribution in [0.2, 0.25) is 5.02 Å². The fraction of sp³-hybridized carbons (Fsp3) is 0.562. The van der Waals surface area contributed by atoms with Gasteiger partial charge in [0, 0.05) is 33.8 Å². The molecule has 7 heteroatoms. The Morgan fingerprint density at radius 2 is 2.22 bits per heavy atom. The Morgan fingerprint density at radius 1 is 1.52 bits per heavy atom. The molecule has 1 saturated heterocycles. The minimum Gasteiger partial charge on any atom is -0.444 e. The molecule has 1 amide bonds. The highest BCUT2D eigenvalue weighted by molar-refractivity contribution is 9.10. The molecule has 23 heavy (non-hydrogen) atoms. The van der Waals surface area contributed by atoms with Crippen LogP contribution in [0.1, 0.15) is 32.8 Å². The first kappa shape index (κ1) is 18.4. The number of hydrogen-bond donors (Lipinski definition) is 2. The second-order valence-electron chi connectivity index (χ2n) is 6.62. The first-order valence-corrected chi connectivity index (χ1v) is 8.70. The molecule has 0 spiro atoms. The molecule has 1 aromatic rings. The summed E-state index contributed by atoms with van der Waals surface area (Å²) in [5.74, 6) is 0. The summed E-state index contributed by atoms with van der Waals surface area (Å²) in [5.41, 5.74) is 1.18. The van der Waals surface area contributed by atoms with Gasteiger partial charge < -0.3 is 20.1 Å². The van der Waals surface area contributed by atoms with Gasteiger partial charge in [0.15, 0.2) is 0 Å². The van der Waals surface area contributed by atoms with Crippen LogP contribution in [-0.4, -0.2) is 35.9 Å². The minimum atomic E-state index is -0.510. The number of anilines is 1. The molecule has 1 aromatic carbocycles. The van der Waals surface area contributed by atoms with E-state index in [2.05, 4.69) is 26.1 Å². The summed E-state index contributed by atoms with van der Waals surface area (Å²) in [7, 11) is 0. The van der Waals surface area contributed by atoms with Gasteiger partial charge in [-0.25, -0.2) is 4.79 Å². The summed E-state index contributed by atoms with van der Waals surface area (Å²) in [6.45, 7) is 6.87. The number of halogens is 2. The van der Waals surface area contributed by atoms with Crippen molar-refractivity contribution in [2.24, 2.45) is 0 Å². The van der Waals surface area contributed by atoms with Crippen LogP contribution in [0.3, 0.4) is 0 Å². The van der Waals surface area contributed by atoms with E-state index in [1.54, 1.807) is 6.07 Å². The third-order valence-corrected chi connectivity index (χ3v) is 4.47. The Kier molecular flexibility index (Phi) is 5.81. The van der Waals surface area contributed by atoms with E-state index in [1.165, 1.54) is 0 Å². The zero-order valence-electron chi connectivity index (χ0n) is 13.5. The quantitative estimate of drug-likeness (QED) is 0.805. The number of amides is 1. The number of hydrogen-bond acceptors (Lipinski definition) is 4. The van der Waals surface area contributed by atoms with Crippen LogP contribution < -0.4 is 10.2 Å². The van der Waals surface area contributed by atoms with Gasteiger partial charge >= 0.3 is 6.09 Å². The van der Waals surface area contributed by atoms with E-state index in [-0.39, 0.29) is 12.6 Å². The molecule has 5 nitrogen and oxygen atoms in total. The Balaban J connectivity index is 2.05. The van der Waals surface area contributed by atoms with Crippen LogP contribution in [0.15, 0.2) is 16.6 Å². The number of carbonyl (C=O) groups excluding carboxylic acids is 1. The Hall–Kier alpha value is -0.980. The van der Waals surface area contributed by atoms with Crippen LogP contribution in [0.25, 0.3) is 0 Å². The molecule has 2 rings (SSSR count). The Bertz CT molecular complexity index is 589. The molecular weight excluding hydrogens is 384 g/mol. The van der Waals surface area contributed by atoms with Crippen molar-refractivity contribution in [2.75, 3.05) is 18.0 Å². The molecule has 1 aliphatic rings. The highest BCUT2D eigenvalue weighted by Crippen LogP contribution is 2.33. The van der Waals surface area contributed by atoms with Crippen LogP contribution in [0, 0.1) is 0 Å². The molecule has 1 fully saturated rings. The number of rotatable bonds is 3. The van der Waals surface area contributed by atoms with Gasteiger partial charge in [0.2, 0.25) is 0 Å². The lowest BCUT2D eigenvalue weighted by atomic mass is 10.1. The largest absolute Gasteiger partial charge is 0.444 e. The first-order valence-electron chi connectivity index (χ1n) is 7.53. The second kappa shape index (κ2) is 7.28. The highest BCUT2D eigenvalue weighted by Gasteiger charge is 2.28. The number of aliphatic hydroxyl groups excluding tert-OH is 1. The van der Waals surface area contributed by atoms with Crippen molar-refractivity contribution in [2.45, 2.75) is 45.4 Å². The summed E-state index contributed by atoms with van der Waals surface area (Å²) in [6.07, 6.45) is 0.410. The van der Waals surface area contributed by atoms with Crippen molar-refractivity contribution in [3.8, 4) is 0 Å². The summed E-state index contributed by atoms with van der Waals surface area (Å²) < 4.78 is 6.07. The lowest BCUT2D eigenvalue weighted by Crippen LogP contribution is -2.40. The van der Waals surface area contributed by atoms with Gasteiger partial charge in [-0.15, -0.1) is 0 Å². The van der Waals surface area contributed by atoms with Crippen LogP contribution in [-0.2, 0) is 11.3 Å². The maximum atomic E-state index is 11.9. The lowest BCUT2D eigenvalue weighted by molar-refractivity contribution is 0.0509. The number of alkyl carbamates (subject to hydrolysis) is 1. The molecule has 0 saturated carbocycles. The number of aliphatic hydroxyl groups is 1. The van der Waals surface area contributed by atoms with Crippen molar-refractivity contribution >= 4 is 39.3 Å². The molecule has 1 unspecified atom stereocenters. The molecule has 1 aliphatic heterocycles. The normalized spacial score (nSPS) is 18.2. The summed E-state index contributed by atoms with van der Waals surface area (Å²) in [5, 5.41) is 13.1. The maximum absolute atomic E-state index is 11.9. The van der Waals surface area contributed by atoms with Crippen molar-refractivity contribution in [1.29, 1.82) is 0 Å². The summed E-state index contributed by atoms with van der Waals surface area (Å²) in [4.78, 5) is 14.0. The van der Waals surface area contributed by atoms with Gasteiger partial charge in [0.1, 0.15) is 5.60 Å². The summed E-state index contributed by atoms with van der Waals surface area (Å²) in [6, 6.07) is 3.62. The molecule has 0 bridgehead atoms. The van der Waals surface area contributed by atoms with Crippen LogP contribution >= 0.6 is 27.5 Å². The van der Waals surface area contributed by atoms with Gasteiger partial charge in [-0.05, 0) is 39.3 Å². The fourth-order valence-electron chi connectivity index (χ4n) is 2.60. The standard InChI is InChI=1S/C16H22BrClN2O3/c1-16(2,3)23-15(22)19-11-4-5-20(8-11)14-7-10(18)6-13(17)12(14)9-21/h6-7,11,21H,4-5,8-9H2,1-3H3,(H,19,22). The molecular formula is C16H22BrClN2O3. The minimum absolute atomic E-state index is 0.00847. The van der Waals surface area contributed by atoms with Gasteiger partial charge in [-0.2, -0.15) is 0 Å². The lowest BCUT2D eigenvalue weighted by Gasteiger charge is -2.24.